The maximum absolute atomic E-state index is 12.7. The Balaban J connectivity index is 1.63. The Morgan fingerprint density at radius 2 is 1.52 bits per heavy atom. The molecule has 0 aliphatic heterocycles. The van der Waals surface area contributed by atoms with Crippen LogP contribution in [0.25, 0.3) is 33.7 Å². The number of aromatic nitrogens is 1. The first-order valence-corrected chi connectivity index (χ1v) is 8.74. The van der Waals surface area contributed by atoms with Gasteiger partial charge in [-0.2, -0.15) is 13.2 Å². The van der Waals surface area contributed by atoms with Crippen LogP contribution in [0, 0.1) is 0 Å². The summed E-state index contributed by atoms with van der Waals surface area (Å²) in [6, 6.07) is 21.8. The Morgan fingerprint density at radius 3 is 2.17 bits per heavy atom. The van der Waals surface area contributed by atoms with E-state index in [-0.39, 0.29) is 5.69 Å². The molecule has 4 rings (SSSR count). The molecule has 0 N–H and O–H groups in total. The molecule has 29 heavy (non-hydrogen) atoms. The zero-order chi connectivity index (χ0) is 20.6. The summed E-state index contributed by atoms with van der Waals surface area (Å²) < 4.78 is 43.7. The van der Waals surface area contributed by atoms with E-state index >= 15 is 0 Å². The molecule has 1 heterocycles. The lowest BCUT2D eigenvalue weighted by atomic mass is 10.0. The van der Waals surface area contributed by atoms with Crippen molar-refractivity contribution in [2.24, 2.45) is 0 Å². The molecule has 1 aromatic heterocycles. The number of alkyl halides is 3. The molecule has 0 saturated heterocycles. The van der Waals surface area contributed by atoms with Crippen molar-refractivity contribution in [1.82, 2.24) is 4.98 Å². The van der Waals surface area contributed by atoms with Crippen molar-refractivity contribution in [3.05, 3.63) is 72.8 Å². The number of amides is 1. The van der Waals surface area contributed by atoms with Crippen molar-refractivity contribution in [2.75, 3.05) is 11.9 Å². The average molecular weight is 396 g/mol. The highest BCUT2D eigenvalue weighted by atomic mass is 19.4. The van der Waals surface area contributed by atoms with Crippen molar-refractivity contribution < 1.29 is 22.4 Å². The molecule has 146 valence electrons. The van der Waals surface area contributed by atoms with Crippen molar-refractivity contribution in [3.63, 3.8) is 0 Å². The van der Waals surface area contributed by atoms with Crippen molar-refractivity contribution in [2.45, 2.75) is 6.18 Å². The number of fused-ring (bicyclic) bond motifs is 1. The number of carbonyl (C=O) groups excluding carboxylic acids is 1. The normalized spacial score (nSPS) is 11.6. The van der Waals surface area contributed by atoms with Gasteiger partial charge in [0.15, 0.2) is 5.58 Å². The maximum atomic E-state index is 12.7. The van der Waals surface area contributed by atoms with Gasteiger partial charge in [0.05, 0.1) is 0 Å². The van der Waals surface area contributed by atoms with E-state index in [0.717, 1.165) is 23.7 Å². The highest BCUT2D eigenvalue weighted by Crippen LogP contribution is 2.30. The van der Waals surface area contributed by atoms with Crippen LogP contribution in [0.3, 0.4) is 0 Å². The Kier molecular flexibility index (Phi) is 4.58. The van der Waals surface area contributed by atoms with Gasteiger partial charge in [-0.15, -0.1) is 0 Å². The quantitative estimate of drug-likeness (QED) is 0.447. The molecule has 4 nitrogen and oxygen atoms in total. The summed E-state index contributed by atoms with van der Waals surface area (Å²) in [6.07, 6.45) is -4.95. The van der Waals surface area contributed by atoms with Gasteiger partial charge in [0.2, 0.25) is 5.89 Å². The Morgan fingerprint density at radius 1 is 0.897 bits per heavy atom. The van der Waals surface area contributed by atoms with Crippen LogP contribution in [0.5, 0.6) is 0 Å². The highest BCUT2D eigenvalue weighted by Gasteiger charge is 2.41. The number of rotatable bonds is 3. The number of anilines is 1. The minimum Gasteiger partial charge on any atom is -0.436 e. The van der Waals surface area contributed by atoms with Crippen LogP contribution in [-0.2, 0) is 4.79 Å². The largest absolute Gasteiger partial charge is 0.471 e. The van der Waals surface area contributed by atoms with E-state index in [2.05, 4.69) is 4.98 Å². The van der Waals surface area contributed by atoms with Gasteiger partial charge in [-0.1, -0.05) is 42.5 Å². The van der Waals surface area contributed by atoms with Gasteiger partial charge >= 0.3 is 12.1 Å². The summed E-state index contributed by atoms with van der Waals surface area (Å²) in [5.74, 6) is -1.60. The molecule has 7 heteroatoms. The fourth-order valence-electron chi connectivity index (χ4n) is 2.99. The minimum absolute atomic E-state index is 0.0825. The lowest BCUT2D eigenvalue weighted by Gasteiger charge is -2.18. The summed E-state index contributed by atoms with van der Waals surface area (Å²) in [4.78, 5) is 16.3. The van der Waals surface area contributed by atoms with Crippen LogP contribution >= 0.6 is 0 Å². The Hall–Kier alpha value is -3.61. The van der Waals surface area contributed by atoms with E-state index in [0.29, 0.717) is 21.9 Å². The zero-order valence-corrected chi connectivity index (χ0v) is 15.3. The molecule has 0 spiro atoms. The Bertz CT molecular complexity index is 1170. The Labute approximate surface area is 164 Å². The third-order valence-corrected chi connectivity index (χ3v) is 4.54. The average Bonchev–Trinajstić information content (AvgIpc) is 3.16. The number of carbonyl (C=O) groups is 1. The molecule has 0 fully saturated rings. The van der Waals surface area contributed by atoms with Crippen LogP contribution in [0.4, 0.5) is 18.9 Å². The molecule has 0 aliphatic rings. The van der Waals surface area contributed by atoms with Crippen molar-refractivity contribution in [3.8, 4) is 22.6 Å². The minimum atomic E-state index is -4.95. The van der Waals surface area contributed by atoms with Gasteiger partial charge in [-0.25, -0.2) is 4.98 Å². The second kappa shape index (κ2) is 7.09. The molecule has 0 aliphatic carbocycles. The van der Waals surface area contributed by atoms with Gasteiger partial charge in [0.25, 0.3) is 0 Å². The molecular weight excluding hydrogens is 381 g/mol. The SMILES string of the molecule is CN(C(=O)C(F)(F)F)c1ccc2oc(-c3ccc(-c4ccccc4)cc3)nc2c1. The third kappa shape index (κ3) is 3.71. The van der Waals surface area contributed by atoms with Crippen LogP contribution in [0.1, 0.15) is 0 Å². The smallest absolute Gasteiger partial charge is 0.436 e. The number of hydrogen-bond donors (Lipinski definition) is 0. The lowest BCUT2D eigenvalue weighted by molar-refractivity contribution is -0.170. The summed E-state index contributed by atoms with van der Waals surface area (Å²) in [5, 5.41) is 0. The molecule has 0 radical (unpaired) electrons. The first-order valence-electron chi connectivity index (χ1n) is 8.74. The molecule has 0 bridgehead atoms. The summed E-state index contributed by atoms with van der Waals surface area (Å²) in [7, 11) is 1.07. The van der Waals surface area contributed by atoms with E-state index in [1.54, 1.807) is 0 Å². The van der Waals surface area contributed by atoms with Gasteiger partial charge < -0.3 is 9.32 Å². The number of hydrogen-bond acceptors (Lipinski definition) is 3. The van der Waals surface area contributed by atoms with Gasteiger partial charge in [0.1, 0.15) is 5.52 Å². The fourth-order valence-corrected chi connectivity index (χ4v) is 2.99. The monoisotopic (exact) mass is 396 g/mol. The molecule has 3 aromatic carbocycles. The standard InChI is InChI=1S/C22H15F3N2O2/c1-27(21(28)22(23,24)25)17-11-12-19-18(13-17)26-20(29-19)16-9-7-15(8-10-16)14-5-3-2-4-6-14/h2-13H,1H3. The van der Waals surface area contributed by atoms with Gasteiger partial charge in [-0.3, -0.25) is 4.79 Å². The summed E-state index contributed by atoms with van der Waals surface area (Å²) >= 11 is 0. The molecule has 1 amide bonds. The van der Waals surface area contributed by atoms with E-state index in [9.17, 15) is 18.0 Å². The maximum Gasteiger partial charge on any atom is 0.471 e. The second-order valence-electron chi connectivity index (χ2n) is 6.48. The molecular formula is C22H15F3N2O2. The summed E-state index contributed by atoms with van der Waals surface area (Å²) in [6.45, 7) is 0. The fraction of sp³-hybridized carbons (Fsp3) is 0.0909. The summed E-state index contributed by atoms with van der Waals surface area (Å²) in [5.41, 5.74) is 3.73. The predicted octanol–water partition coefficient (Wildman–Crippen LogP) is 5.69. The van der Waals surface area contributed by atoms with Gasteiger partial charge in [-0.05, 0) is 41.5 Å². The van der Waals surface area contributed by atoms with E-state index < -0.39 is 12.1 Å². The predicted molar refractivity (Wildman–Crippen MR) is 104 cm³/mol. The second-order valence-corrected chi connectivity index (χ2v) is 6.48. The lowest BCUT2D eigenvalue weighted by Crippen LogP contribution is -2.38. The molecule has 0 saturated carbocycles. The number of nitrogens with zero attached hydrogens (tertiary/aromatic N) is 2. The van der Waals surface area contributed by atoms with Crippen LogP contribution < -0.4 is 4.90 Å². The molecule has 0 atom stereocenters. The first-order chi connectivity index (χ1) is 13.8. The van der Waals surface area contributed by atoms with E-state index in [1.807, 2.05) is 54.6 Å². The molecule has 0 unspecified atom stereocenters. The zero-order valence-electron chi connectivity index (χ0n) is 15.3. The number of oxazole rings is 1. The third-order valence-electron chi connectivity index (χ3n) is 4.54. The molecule has 4 aromatic rings. The number of halogens is 3. The van der Waals surface area contributed by atoms with Crippen LogP contribution in [-0.4, -0.2) is 24.1 Å². The topological polar surface area (TPSA) is 46.3 Å². The van der Waals surface area contributed by atoms with E-state index in [1.165, 1.54) is 18.2 Å². The van der Waals surface area contributed by atoms with Crippen molar-refractivity contribution in [1.29, 1.82) is 0 Å². The van der Waals surface area contributed by atoms with Crippen LogP contribution in [0.15, 0.2) is 77.2 Å². The van der Waals surface area contributed by atoms with Gasteiger partial charge in [0, 0.05) is 18.3 Å². The first kappa shape index (κ1) is 18.7. The van der Waals surface area contributed by atoms with Crippen LogP contribution in [0.2, 0.25) is 0 Å². The van der Waals surface area contributed by atoms with E-state index in [4.69, 9.17) is 4.42 Å². The number of benzene rings is 3. The van der Waals surface area contributed by atoms with Crippen molar-refractivity contribution >= 4 is 22.7 Å². The highest BCUT2D eigenvalue weighted by molar-refractivity contribution is 5.98.